The lowest BCUT2D eigenvalue weighted by molar-refractivity contribution is -0.0858. The molecule has 0 saturated carbocycles. The summed E-state index contributed by atoms with van der Waals surface area (Å²) in [7, 11) is 0. The Morgan fingerprint density at radius 2 is 1.88 bits per heavy atom. The van der Waals surface area contributed by atoms with Crippen molar-refractivity contribution in [3.8, 4) is 17.2 Å². The Bertz CT molecular complexity index is 1090. The van der Waals surface area contributed by atoms with Gasteiger partial charge < -0.3 is 9.64 Å². The van der Waals surface area contributed by atoms with E-state index in [0.717, 1.165) is 72.8 Å². The van der Waals surface area contributed by atoms with Gasteiger partial charge in [0.15, 0.2) is 0 Å². The van der Waals surface area contributed by atoms with E-state index in [4.69, 9.17) is 9.72 Å². The third-order valence-corrected chi connectivity index (χ3v) is 7.72. The number of benzene rings is 1. The maximum absolute atomic E-state index is 9.81. The molecular weight excluding hydrogens is 418 g/mol. The van der Waals surface area contributed by atoms with Crippen LogP contribution < -0.4 is 4.90 Å². The molecule has 4 heterocycles. The van der Waals surface area contributed by atoms with E-state index in [1.54, 1.807) is 6.33 Å². The largest absolute Gasteiger partial charge is 0.363 e. The van der Waals surface area contributed by atoms with Crippen molar-refractivity contribution in [2.24, 2.45) is 5.92 Å². The van der Waals surface area contributed by atoms with E-state index >= 15 is 0 Å². The van der Waals surface area contributed by atoms with Gasteiger partial charge in [-0.15, -0.1) is 11.3 Å². The third kappa shape index (κ3) is 3.99. The van der Waals surface area contributed by atoms with E-state index in [1.165, 1.54) is 24.2 Å². The average molecular weight is 448 g/mol. The molecule has 32 heavy (non-hydrogen) atoms. The Labute approximate surface area is 193 Å². The van der Waals surface area contributed by atoms with Crippen LogP contribution in [0, 0.1) is 17.2 Å². The van der Waals surface area contributed by atoms with Crippen LogP contribution in [-0.2, 0) is 4.74 Å². The minimum absolute atomic E-state index is 0.237. The molecule has 1 aromatic carbocycles. The molecule has 7 heteroatoms. The number of anilines is 1. The van der Waals surface area contributed by atoms with Crippen molar-refractivity contribution in [2.75, 3.05) is 37.7 Å². The Balaban J connectivity index is 1.44. The molecule has 3 aromatic rings. The van der Waals surface area contributed by atoms with E-state index in [-0.39, 0.29) is 6.23 Å². The number of aromatic nitrogens is 2. The maximum Gasteiger partial charge on any atom is 0.141 e. The van der Waals surface area contributed by atoms with Gasteiger partial charge >= 0.3 is 0 Å². The third-order valence-electron chi connectivity index (χ3n) is 6.71. The summed E-state index contributed by atoms with van der Waals surface area (Å²) in [4.78, 5) is 15.7. The molecule has 0 spiro atoms. The van der Waals surface area contributed by atoms with Gasteiger partial charge in [0.2, 0.25) is 0 Å². The van der Waals surface area contributed by atoms with Gasteiger partial charge in [-0.3, -0.25) is 4.90 Å². The molecule has 2 aliphatic heterocycles. The Morgan fingerprint density at radius 1 is 1.12 bits per heavy atom. The van der Waals surface area contributed by atoms with Gasteiger partial charge in [-0.2, -0.15) is 5.26 Å². The summed E-state index contributed by atoms with van der Waals surface area (Å²) in [5.74, 6) is 1.51. The zero-order chi connectivity index (χ0) is 21.9. The molecule has 0 N–H and O–H groups in total. The Kier molecular flexibility index (Phi) is 6.35. The predicted molar refractivity (Wildman–Crippen MR) is 129 cm³/mol. The highest BCUT2D eigenvalue weighted by Gasteiger charge is 2.33. The second kappa shape index (κ2) is 9.53. The second-order valence-electron chi connectivity index (χ2n) is 8.57. The lowest BCUT2D eigenvalue weighted by Gasteiger charge is -2.40. The van der Waals surface area contributed by atoms with Gasteiger partial charge in [-0.25, -0.2) is 9.97 Å². The first-order valence-electron chi connectivity index (χ1n) is 11.6. The van der Waals surface area contributed by atoms with Gasteiger partial charge in [0.1, 0.15) is 34.1 Å². The van der Waals surface area contributed by atoms with Crippen LogP contribution in [0.2, 0.25) is 0 Å². The molecule has 1 atom stereocenters. The minimum atomic E-state index is 0.237. The summed E-state index contributed by atoms with van der Waals surface area (Å²) in [6, 6.07) is 12.5. The first kappa shape index (κ1) is 21.3. The summed E-state index contributed by atoms with van der Waals surface area (Å²) in [6.07, 6.45) is 6.61. The van der Waals surface area contributed by atoms with Gasteiger partial charge in [-0.05, 0) is 38.2 Å². The number of nitriles is 1. The summed E-state index contributed by atoms with van der Waals surface area (Å²) in [5, 5.41) is 10.8. The number of piperidine rings is 1. The van der Waals surface area contributed by atoms with E-state index in [9.17, 15) is 5.26 Å². The monoisotopic (exact) mass is 447 g/mol. The fraction of sp³-hybridized carbons (Fsp3) is 0.480. The van der Waals surface area contributed by atoms with Crippen LogP contribution in [0.15, 0.2) is 36.7 Å². The fourth-order valence-electron chi connectivity index (χ4n) is 5.22. The quantitative estimate of drug-likeness (QED) is 0.535. The van der Waals surface area contributed by atoms with E-state index < -0.39 is 0 Å². The molecule has 0 amide bonds. The van der Waals surface area contributed by atoms with Crippen LogP contribution >= 0.6 is 11.3 Å². The smallest absolute Gasteiger partial charge is 0.141 e. The molecule has 0 radical (unpaired) electrons. The van der Waals surface area contributed by atoms with Crippen LogP contribution in [0.3, 0.4) is 0 Å². The van der Waals surface area contributed by atoms with E-state index in [2.05, 4.69) is 39.9 Å². The standard InChI is InChI=1S/C25H29N5OS/c1-2-31-25(30-12-6-7-13-30)19-10-14-29(15-11-19)23-22-21(18-8-4-3-5-9-18)20(16-26)32-24(22)28-17-27-23/h3-5,8-9,17,19,25H,2,6-7,10-15H2,1H3. The normalized spacial score (nSPS) is 18.8. The molecule has 2 saturated heterocycles. The maximum atomic E-state index is 9.81. The van der Waals surface area contributed by atoms with Gasteiger partial charge in [0, 0.05) is 44.3 Å². The second-order valence-corrected chi connectivity index (χ2v) is 9.57. The first-order valence-corrected chi connectivity index (χ1v) is 12.5. The molecule has 2 aliphatic rings. The summed E-state index contributed by atoms with van der Waals surface area (Å²) in [5.41, 5.74) is 2.02. The molecule has 5 rings (SSSR count). The molecule has 2 fully saturated rings. The van der Waals surface area contributed by atoms with Gasteiger partial charge in [-0.1, -0.05) is 30.3 Å². The number of thiophene rings is 1. The Hall–Kier alpha value is -2.53. The van der Waals surface area contributed by atoms with Crippen LogP contribution in [0.5, 0.6) is 0 Å². The first-order chi connectivity index (χ1) is 15.8. The zero-order valence-electron chi connectivity index (χ0n) is 18.5. The fourth-order valence-corrected chi connectivity index (χ4v) is 6.18. The molecular formula is C25H29N5OS. The van der Waals surface area contributed by atoms with Gasteiger partial charge in [0.25, 0.3) is 0 Å². The number of fused-ring (bicyclic) bond motifs is 1. The number of rotatable bonds is 6. The number of hydrogen-bond acceptors (Lipinski definition) is 7. The SMILES string of the molecule is CCOC(C1CCN(c2ncnc3sc(C#N)c(-c4ccccc4)c23)CC1)N1CCCC1. The molecule has 1 unspecified atom stereocenters. The lowest BCUT2D eigenvalue weighted by Crippen LogP contribution is -2.46. The van der Waals surface area contributed by atoms with Crippen molar-refractivity contribution in [2.45, 2.75) is 38.8 Å². The number of likely N-dealkylation sites (tertiary alicyclic amines) is 1. The summed E-state index contributed by atoms with van der Waals surface area (Å²) >= 11 is 1.46. The van der Waals surface area contributed by atoms with E-state index in [0.29, 0.717) is 10.8 Å². The van der Waals surface area contributed by atoms with E-state index in [1.807, 2.05) is 18.2 Å². The lowest BCUT2D eigenvalue weighted by atomic mass is 9.93. The van der Waals surface area contributed by atoms with Crippen LogP contribution in [-0.4, -0.2) is 53.9 Å². The average Bonchev–Trinajstić information content (AvgIpc) is 3.51. The zero-order valence-corrected chi connectivity index (χ0v) is 19.4. The molecule has 2 aromatic heterocycles. The molecule has 6 nitrogen and oxygen atoms in total. The van der Waals surface area contributed by atoms with Crippen molar-refractivity contribution in [3.05, 3.63) is 41.5 Å². The highest BCUT2D eigenvalue weighted by Crippen LogP contribution is 2.42. The van der Waals surface area contributed by atoms with Gasteiger partial charge in [0.05, 0.1) is 5.39 Å². The van der Waals surface area contributed by atoms with Crippen molar-refractivity contribution in [1.29, 1.82) is 5.26 Å². The highest BCUT2D eigenvalue weighted by molar-refractivity contribution is 7.19. The number of hydrogen-bond donors (Lipinski definition) is 0. The highest BCUT2D eigenvalue weighted by atomic mass is 32.1. The van der Waals surface area contributed by atoms with Crippen molar-refractivity contribution in [1.82, 2.24) is 14.9 Å². The van der Waals surface area contributed by atoms with Crippen LogP contribution in [0.1, 0.15) is 37.5 Å². The molecule has 0 bridgehead atoms. The molecule has 0 aliphatic carbocycles. The number of nitrogens with zero attached hydrogens (tertiary/aromatic N) is 5. The predicted octanol–water partition coefficient (Wildman–Crippen LogP) is 4.90. The summed E-state index contributed by atoms with van der Waals surface area (Å²) in [6.45, 7) is 7.07. The van der Waals surface area contributed by atoms with Crippen molar-refractivity contribution < 1.29 is 4.74 Å². The van der Waals surface area contributed by atoms with Crippen molar-refractivity contribution in [3.63, 3.8) is 0 Å². The number of ether oxygens (including phenoxy) is 1. The van der Waals surface area contributed by atoms with Crippen molar-refractivity contribution >= 4 is 27.4 Å². The van der Waals surface area contributed by atoms with Crippen LogP contribution in [0.25, 0.3) is 21.3 Å². The minimum Gasteiger partial charge on any atom is -0.363 e. The Morgan fingerprint density at radius 3 is 2.56 bits per heavy atom. The van der Waals surface area contributed by atoms with Crippen LogP contribution in [0.4, 0.5) is 5.82 Å². The molecule has 166 valence electrons. The summed E-state index contributed by atoms with van der Waals surface area (Å²) < 4.78 is 6.22. The topological polar surface area (TPSA) is 65.3 Å².